The van der Waals surface area contributed by atoms with Crippen molar-refractivity contribution in [1.82, 2.24) is 9.88 Å². The second kappa shape index (κ2) is 6.31. The molecule has 1 unspecified atom stereocenters. The summed E-state index contributed by atoms with van der Waals surface area (Å²) in [4.78, 5) is 17.2. The maximum atomic E-state index is 12.5. The first kappa shape index (κ1) is 14.2. The van der Waals surface area contributed by atoms with E-state index in [0.717, 1.165) is 0 Å². The fourth-order valence-corrected chi connectivity index (χ4v) is 3.40. The van der Waals surface area contributed by atoms with Gasteiger partial charge in [0, 0.05) is 19.3 Å². The molecule has 1 N–H and O–H groups in total. The van der Waals surface area contributed by atoms with Gasteiger partial charge in [-0.2, -0.15) is 5.26 Å². The van der Waals surface area contributed by atoms with Crippen molar-refractivity contribution in [3.8, 4) is 6.07 Å². The summed E-state index contributed by atoms with van der Waals surface area (Å²) in [6.07, 6.45) is 8.06. The molecule has 1 atom stereocenters. The van der Waals surface area contributed by atoms with Gasteiger partial charge in [0.2, 0.25) is 0 Å². The van der Waals surface area contributed by atoms with Crippen molar-refractivity contribution < 1.29 is 9.53 Å². The molecule has 21 heavy (non-hydrogen) atoms. The summed E-state index contributed by atoms with van der Waals surface area (Å²) in [5, 5.41) is 8.84. The van der Waals surface area contributed by atoms with Crippen molar-refractivity contribution in [2.45, 2.75) is 38.2 Å². The lowest BCUT2D eigenvalue weighted by Crippen LogP contribution is -2.48. The molecule has 1 saturated carbocycles. The fourth-order valence-electron chi connectivity index (χ4n) is 3.40. The third kappa shape index (κ3) is 3.11. The molecule has 1 aromatic heterocycles. The number of H-pyrrole nitrogens is 1. The van der Waals surface area contributed by atoms with E-state index in [1.807, 2.05) is 11.0 Å². The lowest BCUT2D eigenvalue weighted by molar-refractivity contribution is -0.0563. The van der Waals surface area contributed by atoms with Gasteiger partial charge in [-0.15, -0.1) is 0 Å². The van der Waals surface area contributed by atoms with Gasteiger partial charge in [0.05, 0.1) is 18.3 Å². The number of nitriles is 1. The third-order valence-electron chi connectivity index (χ3n) is 4.60. The molecule has 3 rings (SSSR count). The average Bonchev–Trinajstić information content (AvgIpc) is 3.04. The highest BCUT2D eigenvalue weighted by atomic mass is 16.5. The summed E-state index contributed by atoms with van der Waals surface area (Å²) < 4.78 is 5.90. The molecular weight excluding hydrogens is 266 g/mol. The highest BCUT2D eigenvalue weighted by Gasteiger charge is 2.31. The van der Waals surface area contributed by atoms with E-state index in [2.05, 4.69) is 4.98 Å². The van der Waals surface area contributed by atoms with E-state index in [-0.39, 0.29) is 12.0 Å². The zero-order valence-electron chi connectivity index (χ0n) is 12.2. The number of morpholine rings is 1. The standard InChI is InChI=1S/C16H21N3O2/c17-9-12-8-14(18-10-12)16(20)19-6-7-21-15(11-19)13-4-2-1-3-5-13/h8,10,13,15,18H,1-7,11H2. The van der Waals surface area contributed by atoms with Crippen molar-refractivity contribution in [1.29, 1.82) is 5.26 Å². The van der Waals surface area contributed by atoms with Gasteiger partial charge < -0.3 is 14.6 Å². The summed E-state index contributed by atoms with van der Waals surface area (Å²) in [6.45, 7) is 1.91. The Labute approximate surface area is 124 Å². The van der Waals surface area contributed by atoms with E-state index >= 15 is 0 Å². The van der Waals surface area contributed by atoms with Crippen LogP contribution in [0.3, 0.4) is 0 Å². The van der Waals surface area contributed by atoms with Crippen molar-refractivity contribution in [3.05, 3.63) is 23.5 Å². The van der Waals surface area contributed by atoms with Crippen LogP contribution < -0.4 is 0 Å². The van der Waals surface area contributed by atoms with Gasteiger partial charge in [-0.25, -0.2) is 0 Å². The molecule has 0 spiro atoms. The highest BCUT2D eigenvalue weighted by Crippen LogP contribution is 2.29. The van der Waals surface area contributed by atoms with E-state index in [0.29, 0.717) is 36.9 Å². The second-order valence-corrected chi connectivity index (χ2v) is 5.97. The molecule has 112 valence electrons. The summed E-state index contributed by atoms with van der Waals surface area (Å²) in [5.74, 6) is 0.563. The zero-order chi connectivity index (χ0) is 14.7. The van der Waals surface area contributed by atoms with Crippen LogP contribution in [0.25, 0.3) is 0 Å². The predicted molar refractivity (Wildman–Crippen MR) is 77.7 cm³/mol. The van der Waals surface area contributed by atoms with E-state index in [9.17, 15) is 4.79 Å². The van der Waals surface area contributed by atoms with Crippen molar-refractivity contribution in [3.63, 3.8) is 0 Å². The average molecular weight is 287 g/mol. The number of aromatic amines is 1. The van der Waals surface area contributed by atoms with E-state index in [1.54, 1.807) is 12.3 Å². The quantitative estimate of drug-likeness (QED) is 0.907. The number of hydrogen-bond acceptors (Lipinski definition) is 3. The predicted octanol–water partition coefficient (Wildman–Crippen LogP) is 2.31. The lowest BCUT2D eigenvalue weighted by atomic mass is 9.84. The summed E-state index contributed by atoms with van der Waals surface area (Å²) in [6, 6.07) is 3.66. The number of aromatic nitrogens is 1. The van der Waals surface area contributed by atoms with Crippen LogP contribution >= 0.6 is 0 Å². The molecule has 5 heteroatoms. The molecule has 1 aromatic rings. The van der Waals surface area contributed by atoms with Gasteiger partial charge in [0.1, 0.15) is 11.8 Å². The van der Waals surface area contributed by atoms with Crippen LogP contribution in [-0.2, 0) is 4.74 Å². The number of nitrogens with one attached hydrogen (secondary N) is 1. The minimum absolute atomic E-state index is 0.0272. The monoisotopic (exact) mass is 287 g/mol. The zero-order valence-corrected chi connectivity index (χ0v) is 12.2. The first-order chi connectivity index (χ1) is 10.3. The summed E-state index contributed by atoms with van der Waals surface area (Å²) in [7, 11) is 0. The van der Waals surface area contributed by atoms with Crippen LogP contribution in [0, 0.1) is 17.2 Å². The van der Waals surface area contributed by atoms with Gasteiger partial charge in [-0.05, 0) is 24.8 Å². The maximum absolute atomic E-state index is 12.5. The summed E-state index contributed by atoms with van der Waals surface area (Å²) >= 11 is 0. The van der Waals surface area contributed by atoms with Gasteiger partial charge in [-0.1, -0.05) is 19.3 Å². The van der Waals surface area contributed by atoms with Crippen LogP contribution in [0.5, 0.6) is 0 Å². The molecule has 5 nitrogen and oxygen atoms in total. The largest absolute Gasteiger partial charge is 0.374 e. The van der Waals surface area contributed by atoms with Crippen LogP contribution in [0.2, 0.25) is 0 Å². The SMILES string of the molecule is N#Cc1c[nH]c(C(=O)N2CCOC(C3CCCCC3)C2)c1. The van der Waals surface area contributed by atoms with Crippen molar-refractivity contribution >= 4 is 5.91 Å². The number of ether oxygens (including phenoxy) is 1. The van der Waals surface area contributed by atoms with Crippen LogP contribution in [-0.4, -0.2) is 41.6 Å². The normalized spacial score (nSPS) is 23.8. The first-order valence-electron chi connectivity index (χ1n) is 7.77. The van der Waals surface area contributed by atoms with Gasteiger partial charge >= 0.3 is 0 Å². The van der Waals surface area contributed by atoms with Gasteiger partial charge in [0.25, 0.3) is 5.91 Å². The molecule has 1 aliphatic carbocycles. The van der Waals surface area contributed by atoms with Crippen molar-refractivity contribution in [2.24, 2.45) is 5.92 Å². The Morgan fingerprint density at radius 2 is 2.19 bits per heavy atom. The molecular formula is C16H21N3O2. The number of nitrogens with zero attached hydrogens (tertiary/aromatic N) is 2. The van der Waals surface area contributed by atoms with E-state index < -0.39 is 0 Å². The Morgan fingerprint density at radius 3 is 2.90 bits per heavy atom. The maximum Gasteiger partial charge on any atom is 0.270 e. The minimum atomic E-state index is -0.0272. The minimum Gasteiger partial charge on any atom is -0.374 e. The lowest BCUT2D eigenvalue weighted by Gasteiger charge is -2.38. The van der Waals surface area contributed by atoms with Crippen LogP contribution in [0.4, 0.5) is 0 Å². The Hall–Kier alpha value is -1.80. The van der Waals surface area contributed by atoms with Crippen LogP contribution in [0.1, 0.15) is 48.2 Å². The fraction of sp³-hybridized carbons (Fsp3) is 0.625. The number of carbonyl (C=O) groups excluding carboxylic acids is 1. The molecule has 2 heterocycles. The smallest absolute Gasteiger partial charge is 0.270 e. The Bertz CT molecular complexity index is 540. The Balaban J connectivity index is 1.65. The Kier molecular flexibility index (Phi) is 4.26. The highest BCUT2D eigenvalue weighted by molar-refractivity contribution is 5.93. The van der Waals surface area contributed by atoms with Gasteiger partial charge in [-0.3, -0.25) is 4.79 Å². The van der Waals surface area contributed by atoms with E-state index in [4.69, 9.17) is 10.00 Å². The topological polar surface area (TPSA) is 69.1 Å². The third-order valence-corrected chi connectivity index (χ3v) is 4.60. The number of amides is 1. The first-order valence-corrected chi connectivity index (χ1v) is 7.77. The molecule has 1 aliphatic heterocycles. The van der Waals surface area contributed by atoms with Crippen LogP contribution in [0.15, 0.2) is 12.3 Å². The van der Waals surface area contributed by atoms with E-state index in [1.165, 1.54) is 32.1 Å². The number of carbonyl (C=O) groups is 1. The molecule has 0 bridgehead atoms. The molecule has 0 radical (unpaired) electrons. The molecule has 0 aromatic carbocycles. The molecule has 1 saturated heterocycles. The Morgan fingerprint density at radius 1 is 1.38 bits per heavy atom. The number of hydrogen-bond donors (Lipinski definition) is 1. The molecule has 2 aliphatic rings. The molecule has 2 fully saturated rings. The van der Waals surface area contributed by atoms with Crippen molar-refractivity contribution in [2.75, 3.05) is 19.7 Å². The van der Waals surface area contributed by atoms with Gasteiger partial charge in [0.15, 0.2) is 0 Å². The molecule has 1 amide bonds. The second-order valence-electron chi connectivity index (χ2n) is 5.97. The number of rotatable bonds is 2. The summed E-state index contributed by atoms with van der Waals surface area (Å²) in [5.41, 5.74) is 0.992.